The molecule has 5 nitrogen and oxygen atoms in total. The van der Waals surface area contributed by atoms with Crippen molar-refractivity contribution in [2.75, 3.05) is 6.54 Å². The molecular weight excluding hydrogens is 419 g/mol. The normalized spacial score (nSPS) is 16.3. The first-order chi connectivity index (χ1) is 15.0. The molecule has 3 aromatic rings. The zero-order valence-corrected chi connectivity index (χ0v) is 17.5. The molecule has 1 amide bonds. The first-order valence-corrected chi connectivity index (χ1v) is 10.4. The number of carbonyl (C=O) groups is 1. The van der Waals surface area contributed by atoms with Crippen molar-refractivity contribution in [1.29, 1.82) is 0 Å². The van der Waals surface area contributed by atoms with Crippen molar-refractivity contribution in [3.05, 3.63) is 94.3 Å². The number of hydrogen-bond acceptors (Lipinski definition) is 4. The van der Waals surface area contributed by atoms with E-state index in [-0.39, 0.29) is 11.3 Å². The fourth-order valence-electron chi connectivity index (χ4n) is 3.92. The minimum absolute atomic E-state index is 0.00238. The van der Waals surface area contributed by atoms with Crippen LogP contribution in [0.4, 0.5) is 4.39 Å². The molecule has 0 bridgehead atoms. The molecular formula is C24H22ClFN2O3. The Morgan fingerprint density at radius 2 is 1.97 bits per heavy atom. The van der Waals surface area contributed by atoms with E-state index < -0.39 is 11.7 Å². The van der Waals surface area contributed by atoms with Gasteiger partial charge in [0.05, 0.1) is 0 Å². The van der Waals surface area contributed by atoms with Crippen LogP contribution in [-0.2, 0) is 6.54 Å². The highest BCUT2D eigenvalue weighted by Crippen LogP contribution is 2.34. The first-order valence-electron chi connectivity index (χ1n) is 10.0. The van der Waals surface area contributed by atoms with Crippen LogP contribution in [0.1, 0.15) is 40.4 Å². The van der Waals surface area contributed by atoms with Crippen LogP contribution in [0.2, 0.25) is 5.02 Å². The number of nitrogens with one attached hydrogen (secondary N) is 1. The molecule has 1 unspecified atom stereocenters. The van der Waals surface area contributed by atoms with Crippen molar-refractivity contribution in [2.45, 2.75) is 25.4 Å². The molecule has 1 aliphatic heterocycles. The molecule has 0 aliphatic carbocycles. The topological polar surface area (TPSA) is 61.8 Å². The molecule has 4 rings (SSSR count). The lowest BCUT2D eigenvalue weighted by Gasteiger charge is -2.25. The van der Waals surface area contributed by atoms with Crippen LogP contribution in [0.3, 0.4) is 0 Å². The zero-order valence-electron chi connectivity index (χ0n) is 16.7. The van der Waals surface area contributed by atoms with Crippen molar-refractivity contribution in [3.63, 3.8) is 0 Å². The minimum atomic E-state index is -0.784. The van der Waals surface area contributed by atoms with Crippen molar-refractivity contribution in [2.24, 2.45) is 0 Å². The monoisotopic (exact) mass is 440 g/mol. The number of hydrogen-bond donors (Lipinski definition) is 2. The summed E-state index contributed by atoms with van der Waals surface area (Å²) in [5, 5.41) is 9.40. The molecule has 31 heavy (non-hydrogen) atoms. The zero-order chi connectivity index (χ0) is 21.8. The van der Waals surface area contributed by atoms with Gasteiger partial charge in [-0.05, 0) is 73.0 Å². The summed E-state index contributed by atoms with van der Waals surface area (Å²) in [5.41, 5.74) is 3.85. The highest BCUT2D eigenvalue weighted by Gasteiger charge is 2.26. The number of halogens is 2. The molecule has 7 heteroatoms. The van der Waals surface area contributed by atoms with Crippen molar-refractivity contribution in [1.82, 2.24) is 10.4 Å². The predicted molar refractivity (Wildman–Crippen MR) is 116 cm³/mol. The van der Waals surface area contributed by atoms with Gasteiger partial charge < -0.3 is 4.74 Å². The SMILES string of the molecule is O=C(NO)c1ccc(Oc2ccc(CN3CCCC3c3cccc(Cl)c3)cc2)c(F)c1. The second-order valence-electron chi connectivity index (χ2n) is 7.52. The van der Waals surface area contributed by atoms with Crippen molar-refractivity contribution >= 4 is 17.5 Å². The third-order valence-corrected chi connectivity index (χ3v) is 5.66. The quantitative estimate of drug-likeness (QED) is 0.379. The molecule has 3 aromatic carbocycles. The van der Waals surface area contributed by atoms with E-state index >= 15 is 0 Å². The van der Waals surface area contributed by atoms with Gasteiger partial charge >= 0.3 is 0 Å². The summed E-state index contributed by atoms with van der Waals surface area (Å²) < 4.78 is 19.8. The molecule has 1 heterocycles. The molecule has 0 saturated carbocycles. The number of likely N-dealkylation sites (tertiary alicyclic amines) is 1. The number of rotatable bonds is 6. The van der Waals surface area contributed by atoms with Crippen molar-refractivity contribution < 1.29 is 19.1 Å². The Kier molecular flexibility index (Phi) is 6.51. The van der Waals surface area contributed by atoms with Gasteiger partial charge in [0, 0.05) is 23.2 Å². The second-order valence-corrected chi connectivity index (χ2v) is 7.95. The fraction of sp³-hybridized carbons (Fsp3) is 0.208. The van der Waals surface area contributed by atoms with Gasteiger partial charge in [0.15, 0.2) is 11.6 Å². The van der Waals surface area contributed by atoms with Gasteiger partial charge in [-0.15, -0.1) is 0 Å². The van der Waals surface area contributed by atoms with Crippen LogP contribution < -0.4 is 10.2 Å². The number of benzene rings is 3. The van der Waals surface area contributed by atoms with E-state index in [1.807, 2.05) is 30.3 Å². The number of nitrogens with zero attached hydrogens (tertiary/aromatic N) is 1. The molecule has 2 N–H and O–H groups in total. The van der Waals surface area contributed by atoms with Gasteiger partial charge in [0.2, 0.25) is 0 Å². The lowest BCUT2D eigenvalue weighted by Crippen LogP contribution is -2.22. The number of amides is 1. The standard InChI is InChI=1S/C24H22ClFN2O3/c25-19-4-1-3-17(13-19)22-5-2-12-28(22)15-16-6-9-20(10-7-16)31-23-11-8-18(14-21(23)26)24(29)27-30/h1,3-4,6-11,13-14,22,30H,2,5,12,15H2,(H,27,29). The minimum Gasteiger partial charge on any atom is -0.454 e. The average molecular weight is 441 g/mol. The Labute approximate surface area is 185 Å². The van der Waals surface area contributed by atoms with Crippen molar-refractivity contribution in [3.8, 4) is 11.5 Å². The molecule has 1 aliphatic rings. The summed E-state index contributed by atoms with van der Waals surface area (Å²) in [6.45, 7) is 1.82. The Hall–Kier alpha value is -2.93. The van der Waals surface area contributed by atoms with E-state index in [1.54, 1.807) is 12.1 Å². The fourth-order valence-corrected chi connectivity index (χ4v) is 4.12. The van der Waals surface area contributed by atoms with Crippen LogP contribution in [0, 0.1) is 5.82 Å². The smallest absolute Gasteiger partial charge is 0.274 e. The Balaban J connectivity index is 1.42. The maximum absolute atomic E-state index is 14.2. The second kappa shape index (κ2) is 9.47. The van der Waals surface area contributed by atoms with Gasteiger partial charge in [0.1, 0.15) is 5.75 Å². The van der Waals surface area contributed by atoms with Crippen LogP contribution >= 0.6 is 11.6 Å². The van der Waals surface area contributed by atoms with Crippen LogP contribution in [0.15, 0.2) is 66.7 Å². The molecule has 0 spiro atoms. The van der Waals surface area contributed by atoms with E-state index in [1.165, 1.54) is 23.2 Å². The summed E-state index contributed by atoms with van der Waals surface area (Å²) in [6.07, 6.45) is 2.24. The maximum Gasteiger partial charge on any atom is 0.274 e. The number of carbonyl (C=O) groups excluding carboxylic acids is 1. The highest BCUT2D eigenvalue weighted by molar-refractivity contribution is 6.30. The summed E-state index contributed by atoms with van der Waals surface area (Å²) in [5.74, 6) is -0.975. The van der Waals surface area contributed by atoms with Gasteiger partial charge in [-0.25, -0.2) is 9.87 Å². The summed E-state index contributed by atoms with van der Waals surface area (Å²) in [4.78, 5) is 13.8. The van der Waals surface area contributed by atoms with Gasteiger partial charge in [-0.3, -0.25) is 14.9 Å². The van der Waals surface area contributed by atoms with Gasteiger partial charge in [-0.2, -0.15) is 0 Å². The van der Waals surface area contributed by atoms with E-state index in [0.29, 0.717) is 11.8 Å². The molecule has 1 atom stereocenters. The van der Waals surface area contributed by atoms with E-state index in [9.17, 15) is 9.18 Å². The average Bonchev–Trinajstić information content (AvgIpc) is 3.24. The molecule has 0 aromatic heterocycles. The number of hydroxylamine groups is 1. The summed E-state index contributed by atoms with van der Waals surface area (Å²) in [7, 11) is 0. The van der Waals surface area contributed by atoms with E-state index in [2.05, 4.69) is 11.0 Å². The van der Waals surface area contributed by atoms with Crippen LogP contribution in [0.5, 0.6) is 11.5 Å². The third-order valence-electron chi connectivity index (χ3n) is 5.43. The lowest BCUT2D eigenvalue weighted by molar-refractivity contribution is 0.0706. The Morgan fingerprint density at radius 1 is 1.16 bits per heavy atom. The molecule has 0 radical (unpaired) electrons. The van der Waals surface area contributed by atoms with Gasteiger partial charge in [-0.1, -0.05) is 35.9 Å². The first kappa shape index (κ1) is 21.3. The largest absolute Gasteiger partial charge is 0.454 e. The Bertz CT molecular complexity index is 1070. The molecule has 160 valence electrons. The maximum atomic E-state index is 14.2. The molecule has 1 saturated heterocycles. The Morgan fingerprint density at radius 3 is 2.68 bits per heavy atom. The third kappa shape index (κ3) is 5.05. The van der Waals surface area contributed by atoms with Crippen LogP contribution in [0.25, 0.3) is 0 Å². The van der Waals surface area contributed by atoms with E-state index in [4.69, 9.17) is 21.5 Å². The molecule has 1 fully saturated rings. The summed E-state index contributed by atoms with van der Waals surface area (Å²) in [6, 6.07) is 19.7. The van der Waals surface area contributed by atoms with Crippen LogP contribution in [-0.4, -0.2) is 22.6 Å². The van der Waals surface area contributed by atoms with Gasteiger partial charge in [0.25, 0.3) is 5.91 Å². The lowest BCUT2D eigenvalue weighted by atomic mass is 10.0. The highest BCUT2D eigenvalue weighted by atomic mass is 35.5. The van der Waals surface area contributed by atoms with E-state index in [0.717, 1.165) is 42.6 Å². The predicted octanol–water partition coefficient (Wildman–Crippen LogP) is 5.73. The number of ether oxygens (including phenoxy) is 1. The summed E-state index contributed by atoms with van der Waals surface area (Å²) >= 11 is 6.17.